The first-order chi connectivity index (χ1) is 7.84. The van der Waals surface area contributed by atoms with Crippen molar-refractivity contribution in [1.29, 1.82) is 0 Å². The molecule has 0 aliphatic rings. The van der Waals surface area contributed by atoms with Crippen LogP contribution in [-0.4, -0.2) is 11.2 Å². The van der Waals surface area contributed by atoms with Crippen LogP contribution < -0.4 is 5.32 Å². The molecule has 0 saturated heterocycles. The molecule has 0 fully saturated rings. The van der Waals surface area contributed by atoms with Crippen molar-refractivity contribution >= 4 is 0 Å². The molecule has 0 bridgehead atoms. The molecule has 0 radical (unpaired) electrons. The van der Waals surface area contributed by atoms with Gasteiger partial charge in [0, 0.05) is 18.5 Å². The lowest BCUT2D eigenvalue weighted by Crippen LogP contribution is -2.25. The van der Waals surface area contributed by atoms with Crippen LogP contribution in [0.25, 0.3) is 0 Å². The number of rotatable bonds is 6. The van der Waals surface area contributed by atoms with Crippen LogP contribution in [0.3, 0.4) is 0 Å². The van der Waals surface area contributed by atoms with E-state index in [9.17, 15) is 0 Å². The van der Waals surface area contributed by atoms with Gasteiger partial charge in [-0.05, 0) is 25.5 Å². The number of furan rings is 1. The van der Waals surface area contributed by atoms with E-state index < -0.39 is 0 Å². The molecule has 4 heteroatoms. The maximum atomic E-state index is 5.28. The smallest absolute Gasteiger partial charge is 0.150 e. The Labute approximate surface area is 94.6 Å². The molecule has 1 unspecified atom stereocenters. The second-order valence-electron chi connectivity index (χ2n) is 3.88. The molecule has 0 amide bonds. The molecule has 0 aliphatic heterocycles. The Hall–Kier alpha value is -1.55. The van der Waals surface area contributed by atoms with Gasteiger partial charge in [-0.25, -0.2) is 0 Å². The van der Waals surface area contributed by atoms with Crippen molar-refractivity contribution in [2.24, 2.45) is 0 Å². The predicted molar refractivity (Wildman–Crippen MR) is 59.8 cm³/mol. The van der Waals surface area contributed by atoms with Crippen LogP contribution in [0.2, 0.25) is 0 Å². The molecular formula is C12H16N2O2. The van der Waals surface area contributed by atoms with Crippen molar-refractivity contribution in [2.75, 3.05) is 0 Å². The number of nitrogens with zero attached hydrogens (tertiary/aromatic N) is 1. The average molecular weight is 220 g/mol. The number of aryl methyl sites for hydroxylation is 1. The fourth-order valence-corrected chi connectivity index (χ4v) is 1.52. The van der Waals surface area contributed by atoms with Gasteiger partial charge in [0.2, 0.25) is 0 Å². The standard InChI is InChI=1S/C12H16N2O2/c1-10(4-5-11-3-2-8-15-11)13-9-12-6-7-14-16-12/h2-3,6-8,10,13H,4-5,9H2,1H3. The van der Waals surface area contributed by atoms with Crippen LogP contribution in [0.4, 0.5) is 0 Å². The minimum absolute atomic E-state index is 0.426. The zero-order valence-corrected chi connectivity index (χ0v) is 9.35. The zero-order chi connectivity index (χ0) is 11.2. The summed E-state index contributed by atoms with van der Waals surface area (Å²) < 4.78 is 10.3. The molecule has 16 heavy (non-hydrogen) atoms. The minimum atomic E-state index is 0.426. The first kappa shape index (κ1) is 11.0. The molecule has 1 atom stereocenters. The van der Waals surface area contributed by atoms with Gasteiger partial charge in [0.1, 0.15) is 11.5 Å². The molecule has 2 aromatic heterocycles. The summed E-state index contributed by atoms with van der Waals surface area (Å²) in [6, 6.07) is 6.22. The summed E-state index contributed by atoms with van der Waals surface area (Å²) in [6.45, 7) is 2.87. The summed E-state index contributed by atoms with van der Waals surface area (Å²) in [5.74, 6) is 1.90. The van der Waals surface area contributed by atoms with E-state index in [0.29, 0.717) is 6.04 Å². The number of nitrogens with one attached hydrogen (secondary N) is 1. The van der Waals surface area contributed by atoms with Crippen LogP contribution in [0.5, 0.6) is 0 Å². The van der Waals surface area contributed by atoms with E-state index in [4.69, 9.17) is 8.94 Å². The van der Waals surface area contributed by atoms with Gasteiger partial charge in [0.15, 0.2) is 0 Å². The Kier molecular flexibility index (Phi) is 3.77. The van der Waals surface area contributed by atoms with Gasteiger partial charge in [-0.2, -0.15) is 0 Å². The summed E-state index contributed by atoms with van der Waals surface area (Å²) >= 11 is 0. The molecule has 0 aliphatic carbocycles. The summed E-state index contributed by atoms with van der Waals surface area (Å²) in [6.07, 6.45) is 5.37. The summed E-state index contributed by atoms with van der Waals surface area (Å²) in [4.78, 5) is 0. The van der Waals surface area contributed by atoms with Gasteiger partial charge in [-0.1, -0.05) is 5.16 Å². The van der Waals surface area contributed by atoms with Crippen molar-refractivity contribution < 1.29 is 8.94 Å². The van der Waals surface area contributed by atoms with E-state index in [1.54, 1.807) is 12.5 Å². The maximum absolute atomic E-state index is 5.28. The lowest BCUT2D eigenvalue weighted by Gasteiger charge is -2.11. The fraction of sp³-hybridized carbons (Fsp3) is 0.417. The predicted octanol–water partition coefficient (Wildman–Crippen LogP) is 2.38. The Morgan fingerprint density at radius 1 is 1.38 bits per heavy atom. The third-order valence-corrected chi connectivity index (χ3v) is 2.52. The third-order valence-electron chi connectivity index (χ3n) is 2.52. The average Bonchev–Trinajstić information content (AvgIpc) is 2.96. The van der Waals surface area contributed by atoms with Crippen LogP contribution >= 0.6 is 0 Å². The van der Waals surface area contributed by atoms with Crippen LogP contribution in [0.1, 0.15) is 24.9 Å². The molecule has 2 heterocycles. The molecule has 2 aromatic rings. The SMILES string of the molecule is CC(CCc1ccco1)NCc1ccno1. The lowest BCUT2D eigenvalue weighted by molar-refractivity contribution is 0.360. The highest BCUT2D eigenvalue weighted by atomic mass is 16.5. The largest absolute Gasteiger partial charge is 0.469 e. The normalized spacial score (nSPS) is 12.8. The van der Waals surface area contributed by atoms with Gasteiger partial charge in [-0.3, -0.25) is 0 Å². The Morgan fingerprint density at radius 2 is 2.31 bits per heavy atom. The van der Waals surface area contributed by atoms with Crippen molar-refractivity contribution in [3.05, 3.63) is 42.2 Å². The minimum Gasteiger partial charge on any atom is -0.469 e. The van der Waals surface area contributed by atoms with E-state index in [0.717, 1.165) is 30.9 Å². The van der Waals surface area contributed by atoms with E-state index >= 15 is 0 Å². The van der Waals surface area contributed by atoms with Gasteiger partial charge in [0.25, 0.3) is 0 Å². The molecule has 1 N–H and O–H groups in total. The van der Waals surface area contributed by atoms with Crippen LogP contribution in [0.15, 0.2) is 39.6 Å². The van der Waals surface area contributed by atoms with E-state index in [1.165, 1.54) is 0 Å². The van der Waals surface area contributed by atoms with E-state index in [2.05, 4.69) is 17.4 Å². The van der Waals surface area contributed by atoms with E-state index in [1.807, 2.05) is 18.2 Å². The molecule has 0 aromatic carbocycles. The number of aromatic nitrogens is 1. The lowest BCUT2D eigenvalue weighted by atomic mass is 10.1. The summed E-state index contributed by atoms with van der Waals surface area (Å²) in [5.41, 5.74) is 0. The zero-order valence-electron chi connectivity index (χ0n) is 9.35. The van der Waals surface area contributed by atoms with E-state index in [-0.39, 0.29) is 0 Å². The van der Waals surface area contributed by atoms with Crippen molar-refractivity contribution in [2.45, 2.75) is 32.4 Å². The monoisotopic (exact) mass is 220 g/mol. The first-order valence-electron chi connectivity index (χ1n) is 5.50. The third kappa shape index (κ3) is 3.24. The Bertz CT molecular complexity index is 343. The van der Waals surface area contributed by atoms with Crippen molar-refractivity contribution in [1.82, 2.24) is 10.5 Å². The molecular weight excluding hydrogens is 204 g/mol. The first-order valence-corrected chi connectivity index (χ1v) is 5.50. The molecule has 4 nitrogen and oxygen atoms in total. The van der Waals surface area contributed by atoms with Gasteiger partial charge in [-0.15, -0.1) is 0 Å². The molecule has 0 spiro atoms. The molecule has 2 rings (SSSR count). The highest BCUT2D eigenvalue weighted by molar-refractivity contribution is 4.98. The van der Waals surface area contributed by atoms with Crippen molar-refractivity contribution in [3.63, 3.8) is 0 Å². The van der Waals surface area contributed by atoms with Gasteiger partial charge in [0.05, 0.1) is 19.0 Å². The second-order valence-corrected chi connectivity index (χ2v) is 3.88. The van der Waals surface area contributed by atoms with Gasteiger partial charge >= 0.3 is 0 Å². The highest BCUT2D eigenvalue weighted by Crippen LogP contribution is 2.06. The maximum Gasteiger partial charge on any atom is 0.150 e. The summed E-state index contributed by atoms with van der Waals surface area (Å²) in [7, 11) is 0. The summed E-state index contributed by atoms with van der Waals surface area (Å²) in [5, 5.41) is 7.03. The number of hydrogen-bond donors (Lipinski definition) is 1. The topological polar surface area (TPSA) is 51.2 Å². The Balaban J connectivity index is 1.66. The van der Waals surface area contributed by atoms with Crippen LogP contribution in [0, 0.1) is 0 Å². The Morgan fingerprint density at radius 3 is 3.00 bits per heavy atom. The molecule has 86 valence electrons. The highest BCUT2D eigenvalue weighted by Gasteiger charge is 2.05. The second kappa shape index (κ2) is 5.51. The number of hydrogen-bond acceptors (Lipinski definition) is 4. The van der Waals surface area contributed by atoms with Crippen molar-refractivity contribution in [3.8, 4) is 0 Å². The quantitative estimate of drug-likeness (QED) is 0.812. The molecule has 0 saturated carbocycles. The van der Waals surface area contributed by atoms with Gasteiger partial charge < -0.3 is 14.3 Å². The van der Waals surface area contributed by atoms with Crippen LogP contribution in [-0.2, 0) is 13.0 Å². The fourth-order valence-electron chi connectivity index (χ4n) is 1.52.